The molecule has 0 bridgehead atoms. The third kappa shape index (κ3) is 3.58. The molecule has 0 spiro atoms. The molecule has 0 radical (unpaired) electrons. The van der Waals surface area contributed by atoms with Crippen LogP contribution in [-0.2, 0) is 0 Å². The topological polar surface area (TPSA) is 71.3 Å². The van der Waals surface area contributed by atoms with Crippen LogP contribution < -0.4 is 10.6 Å². The summed E-state index contributed by atoms with van der Waals surface area (Å²) in [6.07, 6.45) is 0. The molecule has 0 unspecified atom stereocenters. The van der Waals surface area contributed by atoms with Crippen molar-refractivity contribution in [1.82, 2.24) is 5.32 Å². The van der Waals surface area contributed by atoms with E-state index in [-0.39, 0.29) is 17.6 Å². The highest BCUT2D eigenvalue weighted by Crippen LogP contribution is 2.28. The van der Waals surface area contributed by atoms with Crippen molar-refractivity contribution < 1.29 is 14.0 Å². The van der Waals surface area contributed by atoms with Crippen molar-refractivity contribution in [2.75, 3.05) is 11.9 Å². The molecule has 2 amide bonds. The van der Waals surface area contributed by atoms with Crippen LogP contribution in [0.4, 0.5) is 5.69 Å². The van der Waals surface area contributed by atoms with Gasteiger partial charge in [0.15, 0.2) is 5.76 Å². The number of fused-ring (bicyclic) bond motifs is 1. The summed E-state index contributed by atoms with van der Waals surface area (Å²) in [5.74, 6) is -0.185. The number of carbonyl (C=O) groups excluding carboxylic acids is 2. The molecule has 0 aliphatic carbocycles. The van der Waals surface area contributed by atoms with Gasteiger partial charge in [-0.25, -0.2) is 0 Å². The summed E-state index contributed by atoms with van der Waals surface area (Å²) in [4.78, 5) is 24.3. The molecule has 0 fully saturated rings. The minimum absolute atomic E-state index is 0.140. The summed E-state index contributed by atoms with van der Waals surface area (Å²) >= 11 is 3.42. The molecule has 1 heterocycles. The molecule has 0 atom stereocenters. The number of rotatable bonds is 4. The molecular weight excluding hydrogens is 384 g/mol. The lowest BCUT2D eigenvalue weighted by Gasteiger charge is -2.06. The van der Waals surface area contributed by atoms with Gasteiger partial charge >= 0.3 is 0 Å². The van der Waals surface area contributed by atoms with Crippen LogP contribution in [0.3, 0.4) is 0 Å². The molecule has 6 heteroatoms. The Hall–Kier alpha value is -2.60. The molecule has 3 aromatic rings. The highest BCUT2D eigenvalue weighted by Gasteiger charge is 2.18. The van der Waals surface area contributed by atoms with E-state index >= 15 is 0 Å². The number of hydrogen-bond donors (Lipinski definition) is 2. The third-order valence-electron chi connectivity index (χ3n) is 3.85. The molecule has 25 heavy (non-hydrogen) atoms. The molecule has 0 saturated heterocycles. The second-order valence-corrected chi connectivity index (χ2v) is 6.50. The molecule has 0 aliphatic heterocycles. The number of halogens is 1. The SMILES string of the molecule is CCNC(=O)c1ccc(NC(=O)c2oc3ccc(Br)cc3c2C)cc1. The van der Waals surface area contributed by atoms with Crippen LogP contribution in [-0.4, -0.2) is 18.4 Å². The van der Waals surface area contributed by atoms with Crippen LogP contribution in [0.25, 0.3) is 11.0 Å². The van der Waals surface area contributed by atoms with E-state index in [0.29, 0.717) is 23.4 Å². The summed E-state index contributed by atoms with van der Waals surface area (Å²) < 4.78 is 6.61. The summed E-state index contributed by atoms with van der Waals surface area (Å²) in [5, 5.41) is 6.42. The van der Waals surface area contributed by atoms with E-state index in [1.807, 2.05) is 32.0 Å². The predicted octanol–water partition coefficient (Wildman–Crippen LogP) is 4.51. The third-order valence-corrected chi connectivity index (χ3v) is 4.34. The quantitative estimate of drug-likeness (QED) is 0.676. The summed E-state index contributed by atoms with van der Waals surface area (Å²) in [7, 11) is 0. The van der Waals surface area contributed by atoms with E-state index in [1.54, 1.807) is 24.3 Å². The van der Waals surface area contributed by atoms with Crippen molar-refractivity contribution in [3.05, 3.63) is 63.8 Å². The number of furan rings is 1. The van der Waals surface area contributed by atoms with Crippen LogP contribution in [0, 0.1) is 6.92 Å². The number of hydrogen-bond acceptors (Lipinski definition) is 3. The van der Waals surface area contributed by atoms with Crippen molar-refractivity contribution in [3.63, 3.8) is 0 Å². The Balaban J connectivity index is 1.80. The van der Waals surface area contributed by atoms with Gasteiger partial charge in [0, 0.05) is 33.2 Å². The van der Waals surface area contributed by atoms with Crippen LogP contribution in [0.1, 0.15) is 33.4 Å². The number of amides is 2. The Morgan fingerprint density at radius 3 is 2.48 bits per heavy atom. The molecule has 2 aromatic carbocycles. The van der Waals surface area contributed by atoms with Crippen molar-refractivity contribution in [2.45, 2.75) is 13.8 Å². The maximum Gasteiger partial charge on any atom is 0.291 e. The van der Waals surface area contributed by atoms with Gasteiger partial charge < -0.3 is 15.1 Å². The molecule has 5 nitrogen and oxygen atoms in total. The average molecular weight is 401 g/mol. The van der Waals surface area contributed by atoms with Gasteiger partial charge in [0.25, 0.3) is 11.8 Å². The number of carbonyl (C=O) groups is 2. The number of aryl methyl sites for hydroxylation is 1. The summed E-state index contributed by atoms with van der Waals surface area (Å²) in [6.45, 7) is 4.28. The van der Waals surface area contributed by atoms with Gasteiger partial charge in [-0.15, -0.1) is 0 Å². The van der Waals surface area contributed by atoms with Gasteiger partial charge in [-0.05, 0) is 56.3 Å². The molecule has 0 saturated carbocycles. The van der Waals surface area contributed by atoms with Gasteiger partial charge in [0.05, 0.1) is 0 Å². The maximum absolute atomic E-state index is 12.5. The lowest BCUT2D eigenvalue weighted by atomic mass is 10.1. The lowest BCUT2D eigenvalue weighted by molar-refractivity contribution is 0.0955. The van der Waals surface area contributed by atoms with Gasteiger partial charge in [0.1, 0.15) is 5.58 Å². The van der Waals surface area contributed by atoms with E-state index in [1.165, 1.54) is 0 Å². The fourth-order valence-electron chi connectivity index (χ4n) is 2.57. The van der Waals surface area contributed by atoms with Crippen molar-refractivity contribution in [2.24, 2.45) is 0 Å². The molecule has 2 N–H and O–H groups in total. The van der Waals surface area contributed by atoms with Crippen LogP contribution in [0.15, 0.2) is 51.4 Å². The zero-order chi connectivity index (χ0) is 18.0. The number of nitrogens with one attached hydrogen (secondary N) is 2. The monoisotopic (exact) mass is 400 g/mol. The first-order valence-electron chi connectivity index (χ1n) is 7.88. The molecule has 128 valence electrons. The normalized spacial score (nSPS) is 10.7. The Kier molecular flexibility index (Phi) is 4.90. The van der Waals surface area contributed by atoms with E-state index in [2.05, 4.69) is 26.6 Å². The van der Waals surface area contributed by atoms with Gasteiger partial charge in [-0.2, -0.15) is 0 Å². The first-order chi connectivity index (χ1) is 12.0. The van der Waals surface area contributed by atoms with E-state index in [9.17, 15) is 9.59 Å². The smallest absolute Gasteiger partial charge is 0.291 e. The lowest BCUT2D eigenvalue weighted by Crippen LogP contribution is -2.22. The van der Waals surface area contributed by atoms with Crippen LogP contribution in [0.2, 0.25) is 0 Å². The second kappa shape index (κ2) is 7.11. The summed E-state index contributed by atoms with van der Waals surface area (Å²) in [5.41, 5.74) is 2.59. The fourth-order valence-corrected chi connectivity index (χ4v) is 2.93. The largest absolute Gasteiger partial charge is 0.451 e. The van der Waals surface area contributed by atoms with Gasteiger partial charge in [-0.3, -0.25) is 9.59 Å². The van der Waals surface area contributed by atoms with Crippen molar-refractivity contribution >= 4 is 44.4 Å². The van der Waals surface area contributed by atoms with E-state index < -0.39 is 0 Å². The standard InChI is InChI=1S/C19H17BrN2O3/c1-3-21-18(23)12-4-7-14(8-5-12)22-19(24)17-11(2)15-10-13(20)6-9-16(15)25-17/h4-10H,3H2,1-2H3,(H,21,23)(H,22,24). The fraction of sp³-hybridized carbons (Fsp3) is 0.158. The Morgan fingerprint density at radius 2 is 1.80 bits per heavy atom. The van der Waals surface area contributed by atoms with Crippen LogP contribution in [0.5, 0.6) is 0 Å². The van der Waals surface area contributed by atoms with Crippen molar-refractivity contribution in [3.8, 4) is 0 Å². The highest BCUT2D eigenvalue weighted by atomic mass is 79.9. The second-order valence-electron chi connectivity index (χ2n) is 5.59. The number of anilines is 1. The zero-order valence-corrected chi connectivity index (χ0v) is 15.4. The maximum atomic E-state index is 12.5. The minimum Gasteiger partial charge on any atom is -0.451 e. The molecule has 1 aromatic heterocycles. The Morgan fingerprint density at radius 1 is 1.08 bits per heavy atom. The number of benzene rings is 2. The highest BCUT2D eigenvalue weighted by molar-refractivity contribution is 9.10. The van der Waals surface area contributed by atoms with E-state index in [4.69, 9.17) is 4.42 Å². The summed E-state index contributed by atoms with van der Waals surface area (Å²) in [6, 6.07) is 12.3. The minimum atomic E-state index is -0.324. The molecular formula is C19H17BrN2O3. The zero-order valence-electron chi connectivity index (χ0n) is 13.9. The molecule has 0 aliphatic rings. The first-order valence-corrected chi connectivity index (χ1v) is 8.67. The van der Waals surface area contributed by atoms with Crippen molar-refractivity contribution in [1.29, 1.82) is 0 Å². The van der Waals surface area contributed by atoms with Gasteiger partial charge in [-0.1, -0.05) is 15.9 Å². The predicted molar refractivity (Wildman–Crippen MR) is 101 cm³/mol. The van der Waals surface area contributed by atoms with E-state index in [0.717, 1.165) is 15.4 Å². The van der Waals surface area contributed by atoms with Gasteiger partial charge in [0.2, 0.25) is 0 Å². The Bertz CT molecular complexity index is 945. The Labute approximate surface area is 153 Å². The average Bonchev–Trinajstić information content (AvgIpc) is 2.92. The molecule has 3 rings (SSSR count). The van der Waals surface area contributed by atoms with Crippen LogP contribution >= 0.6 is 15.9 Å². The first kappa shape index (κ1) is 17.2.